The molecule has 28 heavy (non-hydrogen) atoms. The number of hydrogen-bond acceptors (Lipinski definition) is 7. The molecule has 5 N–H and O–H groups in total. The summed E-state index contributed by atoms with van der Waals surface area (Å²) in [6.45, 7) is 5.33. The fraction of sp³-hybridized carbons (Fsp3) is 0.619. The lowest BCUT2D eigenvalue weighted by Crippen LogP contribution is -2.61. The Bertz CT molecular complexity index is 759. The summed E-state index contributed by atoms with van der Waals surface area (Å²) in [4.78, 5) is 2.08. The number of aryl methyl sites for hydroxylation is 2. The fourth-order valence-corrected chi connectivity index (χ4v) is 5.27. The number of benzene rings is 1. The van der Waals surface area contributed by atoms with Gasteiger partial charge < -0.3 is 20.1 Å². The molecule has 0 bridgehead atoms. The minimum absolute atomic E-state index is 0.0449. The van der Waals surface area contributed by atoms with Crippen molar-refractivity contribution in [2.45, 2.75) is 62.1 Å². The van der Waals surface area contributed by atoms with Crippen molar-refractivity contribution in [3.05, 3.63) is 47.5 Å². The van der Waals surface area contributed by atoms with Crippen molar-refractivity contribution in [1.82, 2.24) is 15.5 Å². The quantitative estimate of drug-likeness (QED) is 0.449. The summed E-state index contributed by atoms with van der Waals surface area (Å²) in [5.41, 5.74) is 3.30. The Morgan fingerprint density at radius 1 is 1.18 bits per heavy atom. The Labute approximate surface area is 165 Å². The third-order valence-electron chi connectivity index (χ3n) is 7.00. The van der Waals surface area contributed by atoms with E-state index in [4.69, 9.17) is 4.74 Å². The van der Waals surface area contributed by atoms with Crippen LogP contribution in [0.25, 0.3) is 0 Å². The molecule has 0 amide bonds. The van der Waals surface area contributed by atoms with Gasteiger partial charge in [-0.3, -0.25) is 15.5 Å². The second-order valence-corrected chi connectivity index (χ2v) is 8.43. The molecule has 3 unspecified atom stereocenters. The van der Waals surface area contributed by atoms with Crippen LogP contribution in [0.3, 0.4) is 0 Å². The summed E-state index contributed by atoms with van der Waals surface area (Å²) < 4.78 is 6.08. The van der Waals surface area contributed by atoms with Crippen LogP contribution < -0.4 is 10.6 Å². The number of rotatable bonds is 4. The Hall–Kier alpha value is -1.32. The number of nitrogens with zero attached hydrogens (tertiary/aromatic N) is 1. The van der Waals surface area contributed by atoms with Gasteiger partial charge in [-0.25, -0.2) is 0 Å². The fourth-order valence-electron chi connectivity index (χ4n) is 5.27. The van der Waals surface area contributed by atoms with Gasteiger partial charge in [0.1, 0.15) is 30.6 Å². The highest BCUT2D eigenvalue weighted by atomic mass is 16.6. The molecule has 4 aliphatic rings. The van der Waals surface area contributed by atoms with Crippen molar-refractivity contribution in [2.24, 2.45) is 5.92 Å². The zero-order valence-electron chi connectivity index (χ0n) is 15.9. The normalized spacial score (nSPS) is 41.2. The molecule has 1 aliphatic carbocycles. The molecule has 3 heterocycles. The van der Waals surface area contributed by atoms with Crippen molar-refractivity contribution in [2.75, 3.05) is 13.2 Å². The molecule has 7 heteroatoms. The number of aliphatic hydroxyl groups excluding tert-OH is 3. The number of ether oxygens (including phenoxy) is 1. The first-order valence-electron chi connectivity index (χ1n) is 10.2. The lowest BCUT2D eigenvalue weighted by molar-refractivity contribution is -0.127. The Kier molecular flexibility index (Phi) is 4.79. The van der Waals surface area contributed by atoms with Crippen LogP contribution in [-0.4, -0.2) is 70.2 Å². The van der Waals surface area contributed by atoms with Crippen molar-refractivity contribution in [3.63, 3.8) is 0 Å². The van der Waals surface area contributed by atoms with Gasteiger partial charge in [0, 0.05) is 25.2 Å². The summed E-state index contributed by atoms with van der Waals surface area (Å²) in [5.74, 6) is 0.330. The van der Waals surface area contributed by atoms with Gasteiger partial charge in [0.05, 0.1) is 6.17 Å². The first-order chi connectivity index (χ1) is 13.6. The lowest BCUT2D eigenvalue weighted by atomic mass is 9.85. The van der Waals surface area contributed by atoms with E-state index in [0.717, 1.165) is 31.4 Å². The average Bonchev–Trinajstić information content (AvgIpc) is 3.24. The smallest absolute Gasteiger partial charge is 0.141 e. The second kappa shape index (κ2) is 7.18. The van der Waals surface area contributed by atoms with Gasteiger partial charge in [0.2, 0.25) is 0 Å². The molecule has 3 aliphatic heterocycles. The summed E-state index contributed by atoms with van der Waals surface area (Å²) in [6.07, 6.45) is 0.357. The van der Waals surface area contributed by atoms with Crippen LogP contribution in [0.15, 0.2) is 30.9 Å². The van der Waals surface area contributed by atoms with Gasteiger partial charge in [-0.05, 0) is 36.0 Å². The molecular weight excluding hydrogens is 358 g/mol. The number of nitrogens with one attached hydrogen (secondary N) is 2. The monoisotopic (exact) mass is 387 g/mol. The molecular formula is C21H29N3O4. The largest absolute Gasteiger partial charge is 0.387 e. The average molecular weight is 387 g/mol. The van der Waals surface area contributed by atoms with Crippen molar-refractivity contribution in [1.29, 1.82) is 0 Å². The maximum absolute atomic E-state index is 10.9. The van der Waals surface area contributed by atoms with Gasteiger partial charge >= 0.3 is 0 Å². The van der Waals surface area contributed by atoms with E-state index in [0.29, 0.717) is 12.6 Å². The zero-order chi connectivity index (χ0) is 19.4. The molecule has 0 spiro atoms. The van der Waals surface area contributed by atoms with Crippen LogP contribution in [0.2, 0.25) is 0 Å². The SMILES string of the molecule is C=CC1NCNC2C1CCN2[C@@H]1O[C@H]([C@H](O)c2ccc3c(c2)CC3)[C@@H](O)[C@H]1O. The summed E-state index contributed by atoms with van der Waals surface area (Å²) in [6, 6.07) is 6.14. The van der Waals surface area contributed by atoms with Crippen LogP contribution in [0.4, 0.5) is 0 Å². The standard InChI is InChI=1S/C21H29N3O4/c1-2-15-14-7-8-24(20(14)23-10-22-15)21-18(27)17(26)19(28-21)16(25)13-6-4-11-3-5-12(11)9-13/h2,4,6,9,14-23,25-27H,1,3,5,7-8,10H2/t14?,15?,16-,17+,18-,19-,20?,21-/m1/s1. The predicted molar refractivity (Wildman–Crippen MR) is 103 cm³/mol. The van der Waals surface area contributed by atoms with E-state index < -0.39 is 30.6 Å². The van der Waals surface area contributed by atoms with Gasteiger partial charge in [-0.15, -0.1) is 6.58 Å². The minimum atomic E-state index is -1.14. The number of aliphatic hydroxyl groups is 3. The van der Waals surface area contributed by atoms with Crippen LogP contribution in [0.1, 0.15) is 29.2 Å². The molecule has 3 saturated heterocycles. The van der Waals surface area contributed by atoms with Crippen LogP contribution >= 0.6 is 0 Å². The first kappa shape index (κ1) is 18.7. The van der Waals surface area contributed by atoms with Crippen LogP contribution in [-0.2, 0) is 17.6 Å². The number of likely N-dealkylation sites (tertiary alicyclic amines) is 1. The summed E-state index contributed by atoms with van der Waals surface area (Å²) >= 11 is 0. The minimum Gasteiger partial charge on any atom is -0.387 e. The molecule has 0 aromatic heterocycles. The van der Waals surface area contributed by atoms with Crippen molar-refractivity contribution >= 4 is 0 Å². The summed E-state index contributed by atoms with van der Waals surface area (Å²) in [7, 11) is 0. The highest BCUT2D eigenvalue weighted by Crippen LogP contribution is 2.38. The van der Waals surface area contributed by atoms with E-state index in [1.807, 2.05) is 24.3 Å². The maximum atomic E-state index is 10.9. The second-order valence-electron chi connectivity index (χ2n) is 8.43. The Morgan fingerprint density at radius 3 is 2.71 bits per heavy atom. The molecule has 152 valence electrons. The van der Waals surface area contributed by atoms with E-state index in [1.54, 1.807) is 0 Å². The van der Waals surface area contributed by atoms with E-state index >= 15 is 0 Å². The molecule has 5 rings (SSSR count). The van der Waals surface area contributed by atoms with E-state index in [1.165, 1.54) is 11.1 Å². The van der Waals surface area contributed by atoms with E-state index in [2.05, 4.69) is 22.1 Å². The number of fused-ring (bicyclic) bond motifs is 2. The first-order valence-corrected chi connectivity index (χ1v) is 10.2. The molecule has 3 fully saturated rings. The van der Waals surface area contributed by atoms with Crippen LogP contribution in [0.5, 0.6) is 0 Å². The van der Waals surface area contributed by atoms with Gasteiger partial charge in [0.25, 0.3) is 0 Å². The zero-order valence-corrected chi connectivity index (χ0v) is 15.9. The van der Waals surface area contributed by atoms with Gasteiger partial charge in [0.15, 0.2) is 0 Å². The highest BCUT2D eigenvalue weighted by Gasteiger charge is 2.53. The molecule has 1 aromatic carbocycles. The van der Waals surface area contributed by atoms with E-state index in [9.17, 15) is 15.3 Å². The third kappa shape index (κ3) is 2.85. The molecule has 0 radical (unpaired) electrons. The topological polar surface area (TPSA) is 97.2 Å². The third-order valence-corrected chi connectivity index (χ3v) is 7.00. The maximum Gasteiger partial charge on any atom is 0.141 e. The Morgan fingerprint density at radius 2 is 2.00 bits per heavy atom. The Balaban J connectivity index is 1.33. The number of hydrogen-bond donors (Lipinski definition) is 5. The molecule has 0 saturated carbocycles. The van der Waals surface area contributed by atoms with Crippen LogP contribution in [0, 0.1) is 5.92 Å². The van der Waals surface area contributed by atoms with E-state index in [-0.39, 0.29) is 12.2 Å². The van der Waals surface area contributed by atoms with Crippen molar-refractivity contribution < 1.29 is 20.1 Å². The lowest BCUT2D eigenvalue weighted by Gasteiger charge is -2.40. The highest BCUT2D eigenvalue weighted by molar-refractivity contribution is 5.39. The summed E-state index contributed by atoms with van der Waals surface area (Å²) in [5, 5.41) is 39.0. The molecule has 7 nitrogen and oxygen atoms in total. The van der Waals surface area contributed by atoms with Gasteiger partial charge in [-0.2, -0.15) is 0 Å². The molecule has 1 aromatic rings. The molecule has 8 atom stereocenters. The van der Waals surface area contributed by atoms with Crippen molar-refractivity contribution in [3.8, 4) is 0 Å². The van der Waals surface area contributed by atoms with Gasteiger partial charge in [-0.1, -0.05) is 24.3 Å². The predicted octanol–water partition coefficient (Wildman–Crippen LogP) is -0.382.